The number of nitrogen functional groups attached to an aromatic ring is 1. The molecular weight excluding hydrogens is 303 g/mol. The molecule has 0 aliphatic carbocycles. The number of benzene rings is 1. The van der Waals surface area contributed by atoms with E-state index >= 15 is 0 Å². The first kappa shape index (κ1) is 15.3. The summed E-state index contributed by atoms with van der Waals surface area (Å²) in [6.07, 6.45) is -4.58. The van der Waals surface area contributed by atoms with E-state index in [-0.39, 0.29) is 17.9 Å². The highest BCUT2D eigenvalue weighted by Gasteiger charge is 2.35. The maximum Gasteiger partial charge on any atom is 0.419 e. The van der Waals surface area contributed by atoms with E-state index in [1.54, 1.807) is 12.3 Å². The summed E-state index contributed by atoms with van der Waals surface area (Å²) < 4.78 is 44.3. The van der Waals surface area contributed by atoms with Crippen LogP contribution in [0.2, 0.25) is 0 Å². The molecule has 0 unspecified atom stereocenters. The van der Waals surface area contributed by atoms with E-state index in [0.717, 1.165) is 11.8 Å². The molecule has 0 saturated heterocycles. The minimum Gasteiger partial charge on any atom is -0.486 e. The summed E-state index contributed by atoms with van der Waals surface area (Å²) in [4.78, 5) is 4.12. The van der Waals surface area contributed by atoms with Crippen LogP contribution in [0.15, 0.2) is 23.6 Å². The van der Waals surface area contributed by atoms with Crippen molar-refractivity contribution in [3.8, 4) is 5.75 Å². The number of alkyl halides is 3. The summed E-state index contributed by atoms with van der Waals surface area (Å²) in [5, 5.41) is 9.60. The van der Waals surface area contributed by atoms with Crippen molar-refractivity contribution >= 4 is 17.2 Å². The number of nitrogens with zero attached hydrogens (tertiary/aromatic N) is 1. The van der Waals surface area contributed by atoms with Gasteiger partial charge < -0.3 is 10.5 Å². The first-order valence-electron chi connectivity index (χ1n) is 5.87. The molecule has 0 radical (unpaired) electrons. The van der Waals surface area contributed by atoms with Gasteiger partial charge in [-0.05, 0) is 25.1 Å². The van der Waals surface area contributed by atoms with Crippen LogP contribution >= 0.6 is 11.3 Å². The largest absolute Gasteiger partial charge is 0.486 e. The molecule has 0 spiro atoms. The second-order valence-corrected chi connectivity index (χ2v) is 5.24. The van der Waals surface area contributed by atoms with Gasteiger partial charge in [-0.1, -0.05) is 0 Å². The third kappa shape index (κ3) is 3.72. The van der Waals surface area contributed by atoms with Crippen LogP contribution < -0.4 is 10.5 Å². The SMILES string of the molecule is Cc1csc(COc2ccc(C(=N)N)cc2C(F)(F)F)n1. The van der Waals surface area contributed by atoms with Crippen LogP contribution in [0.5, 0.6) is 5.75 Å². The number of nitrogens with two attached hydrogens (primary N) is 1. The van der Waals surface area contributed by atoms with E-state index in [0.29, 0.717) is 5.01 Å². The van der Waals surface area contributed by atoms with Gasteiger partial charge in [-0.25, -0.2) is 4.98 Å². The zero-order chi connectivity index (χ0) is 15.6. The van der Waals surface area contributed by atoms with Crippen molar-refractivity contribution < 1.29 is 17.9 Å². The number of nitrogens with one attached hydrogen (secondary N) is 1. The summed E-state index contributed by atoms with van der Waals surface area (Å²) in [5.41, 5.74) is 5.05. The minimum absolute atomic E-state index is 0.000215. The molecule has 112 valence electrons. The summed E-state index contributed by atoms with van der Waals surface area (Å²) in [7, 11) is 0. The average molecular weight is 315 g/mol. The number of rotatable bonds is 4. The molecule has 0 bridgehead atoms. The molecule has 2 aromatic rings. The molecule has 8 heteroatoms. The van der Waals surface area contributed by atoms with Gasteiger partial charge in [-0.3, -0.25) is 5.41 Å². The molecule has 3 N–H and O–H groups in total. The fourth-order valence-corrected chi connectivity index (χ4v) is 2.34. The lowest BCUT2D eigenvalue weighted by molar-refractivity contribution is -0.139. The lowest BCUT2D eigenvalue weighted by Crippen LogP contribution is -2.15. The molecule has 1 aromatic heterocycles. The molecule has 0 amide bonds. The Labute approximate surface area is 122 Å². The molecule has 1 aromatic carbocycles. The number of aryl methyl sites for hydroxylation is 1. The van der Waals surface area contributed by atoms with Crippen molar-refractivity contribution in [3.05, 3.63) is 45.4 Å². The fraction of sp³-hybridized carbons (Fsp3) is 0.231. The highest BCUT2D eigenvalue weighted by atomic mass is 32.1. The Morgan fingerprint density at radius 1 is 1.43 bits per heavy atom. The predicted octanol–water partition coefficient (Wildman–Crippen LogP) is 3.33. The molecule has 2 rings (SSSR count). The Morgan fingerprint density at radius 2 is 2.14 bits per heavy atom. The van der Waals surface area contributed by atoms with Gasteiger partial charge >= 0.3 is 6.18 Å². The molecular formula is C13H12F3N3OS. The third-order valence-corrected chi connectivity index (χ3v) is 3.55. The molecule has 0 aliphatic heterocycles. The number of thiazole rings is 1. The van der Waals surface area contributed by atoms with E-state index in [9.17, 15) is 13.2 Å². The smallest absolute Gasteiger partial charge is 0.419 e. The lowest BCUT2D eigenvalue weighted by Gasteiger charge is -2.14. The predicted molar refractivity (Wildman–Crippen MR) is 73.6 cm³/mol. The fourth-order valence-electron chi connectivity index (χ4n) is 1.65. The van der Waals surface area contributed by atoms with Gasteiger partial charge in [-0.2, -0.15) is 13.2 Å². The Kier molecular flexibility index (Phi) is 4.17. The van der Waals surface area contributed by atoms with Crippen molar-refractivity contribution in [2.45, 2.75) is 19.7 Å². The average Bonchev–Trinajstić information content (AvgIpc) is 2.81. The maximum absolute atomic E-state index is 13.0. The van der Waals surface area contributed by atoms with Gasteiger partial charge in [0.2, 0.25) is 0 Å². The number of halogens is 3. The van der Waals surface area contributed by atoms with Gasteiger partial charge in [0.25, 0.3) is 0 Å². The monoisotopic (exact) mass is 315 g/mol. The van der Waals surface area contributed by atoms with E-state index < -0.39 is 17.6 Å². The summed E-state index contributed by atoms with van der Waals surface area (Å²) in [6, 6.07) is 3.30. The normalized spacial score (nSPS) is 11.4. The third-order valence-electron chi connectivity index (χ3n) is 2.61. The molecule has 0 saturated carbocycles. The highest BCUT2D eigenvalue weighted by molar-refractivity contribution is 7.09. The number of amidine groups is 1. The number of aromatic nitrogens is 1. The number of hydrogen-bond acceptors (Lipinski definition) is 4. The lowest BCUT2D eigenvalue weighted by atomic mass is 10.1. The zero-order valence-corrected chi connectivity index (χ0v) is 11.8. The second-order valence-electron chi connectivity index (χ2n) is 4.29. The molecule has 0 atom stereocenters. The molecule has 1 heterocycles. The second kappa shape index (κ2) is 5.72. The van der Waals surface area contributed by atoms with Crippen molar-refractivity contribution in [3.63, 3.8) is 0 Å². The topological polar surface area (TPSA) is 72.0 Å². The minimum atomic E-state index is -4.58. The van der Waals surface area contributed by atoms with Crippen LogP contribution in [-0.2, 0) is 12.8 Å². The quantitative estimate of drug-likeness (QED) is 0.671. The number of hydrogen-bond donors (Lipinski definition) is 2. The Morgan fingerprint density at radius 3 is 2.67 bits per heavy atom. The van der Waals surface area contributed by atoms with Crippen molar-refractivity contribution in [2.24, 2.45) is 5.73 Å². The van der Waals surface area contributed by atoms with Crippen LogP contribution in [0.1, 0.15) is 21.8 Å². The van der Waals surface area contributed by atoms with E-state index in [1.807, 2.05) is 0 Å². The van der Waals surface area contributed by atoms with E-state index in [1.165, 1.54) is 23.5 Å². The maximum atomic E-state index is 13.0. The van der Waals surface area contributed by atoms with E-state index in [2.05, 4.69) is 4.98 Å². The van der Waals surface area contributed by atoms with Crippen LogP contribution in [-0.4, -0.2) is 10.8 Å². The first-order valence-corrected chi connectivity index (χ1v) is 6.75. The van der Waals surface area contributed by atoms with Crippen LogP contribution in [0, 0.1) is 12.3 Å². The Bertz CT molecular complexity index is 667. The molecule has 21 heavy (non-hydrogen) atoms. The molecule has 4 nitrogen and oxygen atoms in total. The summed E-state index contributed by atoms with van der Waals surface area (Å²) in [5.74, 6) is -0.733. The zero-order valence-electron chi connectivity index (χ0n) is 11.0. The van der Waals surface area contributed by atoms with Crippen LogP contribution in [0.3, 0.4) is 0 Å². The van der Waals surface area contributed by atoms with Crippen molar-refractivity contribution in [1.82, 2.24) is 4.98 Å². The van der Waals surface area contributed by atoms with Gasteiger partial charge in [0.1, 0.15) is 23.2 Å². The standard InChI is InChI=1S/C13H12F3N3OS/c1-7-6-21-11(19-7)5-20-10-3-2-8(12(17)18)4-9(10)13(14,15)16/h2-4,6H,5H2,1H3,(H3,17,18). The molecule has 0 aliphatic rings. The van der Waals surface area contributed by atoms with Crippen molar-refractivity contribution in [2.75, 3.05) is 0 Å². The van der Waals surface area contributed by atoms with E-state index in [4.69, 9.17) is 15.9 Å². The highest BCUT2D eigenvalue weighted by Crippen LogP contribution is 2.37. The van der Waals surface area contributed by atoms with Gasteiger partial charge in [0.15, 0.2) is 0 Å². The molecule has 0 fully saturated rings. The van der Waals surface area contributed by atoms with Gasteiger partial charge in [-0.15, -0.1) is 11.3 Å². The van der Waals surface area contributed by atoms with Gasteiger partial charge in [0, 0.05) is 16.6 Å². The number of ether oxygens (including phenoxy) is 1. The van der Waals surface area contributed by atoms with Gasteiger partial charge in [0.05, 0.1) is 5.56 Å². The van der Waals surface area contributed by atoms with Crippen LogP contribution in [0.25, 0.3) is 0 Å². The van der Waals surface area contributed by atoms with Crippen LogP contribution in [0.4, 0.5) is 13.2 Å². The summed E-state index contributed by atoms with van der Waals surface area (Å²) in [6.45, 7) is 1.75. The first-order chi connectivity index (χ1) is 9.77. The van der Waals surface area contributed by atoms with Crippen molar-refractivity contribution in [1.29, 1.82) is 5.41 Å². The Hall–Kier alpha value is -2.09. The summed E-state index contributed by atoms with van der Waals surface area (Å²) >= 11 is 1.32. The Balaban J connectivity index is 2.27.